The number of aromatic nitrogens is 3. The highest BCUT2D eigenvalue weighted by molar-refractivity contribution is 6.12. The molecule has 0 radical (unpaired) electrons. The van der Waals surface area contributed by atoms with Crippen molar-refractivity contribution in [2.45, 2.75) is 0 Å². The first-order valence-electron chi connectivity index (χ1n) is 7.33. The van der Waals surface area contributed by atoms with Crippen molar-refractivity contribution in [1.29, 1.82) is 0 Å². The van der Waals surface area contributed by atoms with Crippen molar-refractivity contribution in [3.05, 3.63) is 52.7 Å². The van der Waals surface area contributed by atoms with Gasteiger partial charge in [-0.25, -0.2) is 4.98 Å². The third kappa shape index (κ3) is 3.56. The summed E-state index contributed by atoms with van der Waals surface area (Å²) in [6.07, 6.45) is 2.68. The van der Waals surface area contributed by atoms with Crippen LogP contribution >= 0.6 is 0 Å². The summed E-state index contributed by atoms with van der Waals surface area (Å²) < 4.78 is 4.75. The van der Waals surface area contributed by atoms with Crippen LogP contribution < -0.4 is 16.2 Å². The first-order chi connectivity index (χ1) is 12.1. The van der Waals surface area contributed by atoms with Gasteiger partial charge in [0, 0.05) is 24.7 Å². The van der Waals surface area contributed by atoms with Crippen LogP contribution in [0.5, 0.6) is 0 Å². The van der Waals surface area contributed by atoms with Crippen LogP contribution in [0.2, 0.25) is 0 Å². The van der Waals surface area contributed by atoms with Crippen LogP contribution in [-0.2, 0) is 9.53 Å². The van der Waals surface area contributed by atoms with E-state index in [-0.39, 0.29) is 23.5 Å². The molecular weight excluding hydrogens is 326 g/mol. The largest absolute Gasteiger partial charge is 0.375 e. The Bertz CT molecular complexity index is 991. The van der Waals surface area contributed by atoms with Crippen molar-refractivity contribution in [2.24, 2.45) is 0 Å². The monoisotopic (exact) mass is 341 g/mol. The number of fused-ring (bicyclic) bond motifs is 1. The zero-order chi connectivity index (χ0) is 17.8. The van der Waals surface area contributed by atoms with E-state index in [9.17, 15) is 14.4 Å². The van der Waals surface area contributed by atoms with E-state index in [0.29, 0.717) is 17.0 Å². The molecule has 0 bridgehead atoms. The molecule has 0 aliphatic carbocycles. The number of carbonyl (C=O) groups excluding carboxylic acids is 2. The molecule has 0 unspecified atom stereocenters. The molecule has 4 N–H and O–H groups in total. The standard InChI is InChI=1S/C16H15N5O4/c1-25-7-12(22)20-9-3-2-4-10(5-9)21-15(23)11-6-17-14-13(11)16(24)19-8-18-14/h2-6,8H,7H2,1H3,(H,20,22)(H,21,23)(H2,17,18,19,24). The molecule has 25 heavy (non-hydrogen) atoms. The predicted molar refractivity (Wildman–Crippen MR) is 91.6 cm³/mol. The minimum atomic E-state index is -0.467. The lowest BCUT2D eigenvalue weighted by molar-refractivity contribution is -0.119. The number of hydrogen-bond acceptors (Lipinski definition) is 5. The van der Waals surface area contributed by atoms with E-state index >= 15 is 0 Å². The number of carbonyl (C=O) groups is 2. The highest BCUT2D eigenvalue weighted by Crippen LogP contribution is 2.18. The smallest absolute Gasteiger partial charge is 0.261 e. The van der Waals surface area contributed by atoms with Gasteiger partial charge in [0.2, 0.25) is 5.91 Å². The average molecular weight is 341 g/mol. The minimum Gasteiger partial charge on any atom is -0.375 e. The van der Waals surface area contributed by atoms with Gasteiger partial charge in [-0.2, -0.15) is 0 Å². The van der Waals surface area contributed by atoms with Gasteiger partial charge in [-0.1, -0.05) is 6.07 Å². The molecule has 9 nitrogen and oxygen atoms in total. The van der Waals surface area contributed by atoms with Gasteiger partial charge < -0.3 is 25.3 Å². The van der Waals surface area contributed by atoms with E-state index in [2.05, 4.69) is 25.6 Å². The molecule has 128 valence electrons. The maximum atomic E-state index is 12.5. The molecule has 9 heteroatoms. The lowest BCUT2D eigenvalue weighted by Crippen LogP contribution is -2.18. The van der Waals surface area contributed by atoms with Gasteiger partial charge in [-0.05, 0) is 18.2 Å². The second kappa shape index (κ2) is 6.97. The molecule has 0 aliphatic rings. The van der Waals surface area contributed by atoms with Crippen molar-refractivity contribution in [3.8, 4) is 0 Å². The second-order valence-corrected chi connectivity index (χ2v) is 5.17. The number of hydrogen-bond donors (Lipinski definition) is 4. The molecule has 0 saturated carbocycles. The predicted octanol–water partition coefficient (Wildman–Crippen LogP) is 1.09. The number of benzene rings is 1. The van der Waals surface area contributed by atoms with Crippen molar-refractivity contribution in [3.63, 3.8) is 0 Å². The fourth-order valence-corrected chi connectivity index (χ4v) is 2.35. The molecule has 0 fully saturated rings. The van der Waals surface area contributed by atoms with Gasteiger partial charge in [-0.15, -0.1) is 0 Å². The number of nitrogens with one attached hydrogen (secondary N) is 4. The van der Waals surface area contributed by atoms with Gasteiger partial charge in [0.1, 0.15) is 12.3 Å². The number of H-pyrrole nitrogens is 2. The summed E-state index contributed by atoms with van der Waals surface area (Å²) in [5.41, 5.74) is 1.08. The van der Waals surface area contributed by atoms with Crippen molar-refractivity contribution in [1.82, 2.24) is 15.0 Å². The number of aromatic amines is 2. The van der Waals surface area contributed by atoms with Gasteiger partial charge in [0.05, 0.1) is 17.3 Å². The fourth-order valence-electron chi connectivity index (χ4n) is 2.35. The SMILES string of the molecule is COCC(=O)Nc1cccc(NC(=O)c2c[nH]c3nc[nH]c(=O)c23)c1. The van der Waals surface area contributed by atoms with Crippen LogP contribution in [-0.4, -0.2) is 40.5 Å². The molecule has 1 aromatic carbocycles. The fraction of sp³-hybridized carbons (Fsp3) is 0.125. The Morgan fingerprint density at radius 1 is 1.20 bits per heavy atom. The molecule has 2 aromatic heterocycles. The van der Waals surface area contributed by atoms with Crippen LogP contribution in [0.15, 0.2) is 41.6 Å². The van der Waals surface area contributed by atoms with Crippen LogP contribution in [0.3, 0.4) is 0 Å². The summed E-state index contributed by atoms with van der Waals surface area (Å²) >= 11 is 0. The van der Waals surface area contributed by atoms with Crippen molar-refractivity contribution >= 4 is 34.2 Å². The number of methoxy groups -OCH3 is 1. The Morgan fingerprint density at radius 3 is 2.72 bits per heavy atom. The summed E-state index contributed by atoms with van der Waals surface area (Å²) in [4.78, 5) is 45.1. The Balaban J connectivity index is 1.81. The number of anilines is 2. The van der Waals surface area contributed by atoms with Crippen molar-refractivity contribution < 1.29 is 14.3 Å². The molecule has 3 rings (SSSR count). The molecule has 2 amide bonds. The van der Waals surface area contributed by atoms with Crippen LogP contribution in [0.1, 0.15) is 10.4 Å². The van der Waals surface area contributed by atoms with E-state index in [1.807, 2.05) is 0 Å². The van der Waals surface area contributed by atoms with Crippen LogP contribution in [0.25, 0.3) is 11.0 Å². The van der Waals surface area contributed by atoms with Gasteiger partial charge in [0.25, 0.3) is 11.5 Å². The summed E-state index contributed by atoms with van der Waals surface area (Å²) in [5.74, 6) is -0.773. The third-order valence-electron chi connectivity index (χ3n) is 3.40. The Kier molecular flexibility index (Phi) is 4.57. The normalized spacial score (nSPS) is 10.6. The second-order valence-electron chi connectivity index (χ2n) is 5.17. The molecule has 3 aromatic rings. The van der Waals surface area contributed by atoms with Gasteiger partial charge in [-0.3, -0.25) is 14.4 Å². The zero-order valence-electron chi connectivity index (χ0n) is 13.3. The lowest BCUT2D eigenvalue weighted by atomic mass is 10.2. The maximum absolute atomic E-state index is 12.5. The highest BCUT2D eigenvalue weighted by atomic mass is 16.5. The average Bonchev–Trinajstić information content (AvgIpc) is 3.01. The molecular formula is C16H15N5O4. The molecule has 0 spiro atoms. The lowest BCUT2D eigenvalue weighted by Gasteiger charge is -2.08. The third-order valence-corrected chi connectivity index (χ3v) is 3.40. The molecule has 0 aliphatic heterocycles. The first kappa shape index (κ1) is 16.4. The van der Waals surface area contributed by atoms with E-state index in [1.165, 1.54) is 19.6 Å². The number of ether oxygens (including phenoxy) is 1. The Morgan fingerprint density at radius 2 is 1.96 bits per heavy atom. The van der Waals surface area contributed by atoms with Crippen LogP contribution in [0, 0.1) is 0 Å². The summed E-state index contributed by atoms with van der Waals surface area (Å²) in [7, 11) is 1.42. The molecule has 0 saturated heterocycles. The summed E-state index contributed by atoms with van der Waals surface area (Å²) in [6.45, 7) is -0.0678. The van der Waals surface area contributed by atoms with E-state index < -0.39 is 11.5 Å². The van der Waals surface area contributed by atoms with Gasteiger partial charge >= 0.3 is 0 Å². The zero-order valence-corrected chi connectivity index (χ0v) is 13.3. The highest BCUT2D eigenvalue weighted by Gasteiger charge is 2.16. The molecule has 2 heterocycles. The topological polar surface area (TPSA) is 129 Å². The van der Waals surface area contributed by atoms with E-state index in [4.69, 9.17) is 4.74 Å². The van der Waals surface area contributed by atoms with E-state index in [1.54, 1.807) is 24.3 Å². The first-order valence-corrected chi connectivity index (χ1v) is 7.33. The molecule has 0 atom stereocenters. The van der Waals surface area contributed by atoms with Crippen LogP contribution in [0.4, 0.5) is 11.4 Å². The number of amides is 2. The minimum absolute atomic E-state index is 0.0678. The maximum Gasteiger partial charge on any atom is 0.261 e. The number of nitrogens with zero attached hydrogens (tertiary/aromatic N) is 1. The van der Waals surface area contributed by atoms with Gasteiger partial charge in [0.15, 0.2) is 0 Å². The number of rotatable bonds is 5. The van der Waals surface area contributed by atoms with E-state index in [0.717, 1.165) is 0 Å². The Hall–Kier alpha value is -3.46. The summed E-state index contributed by atoms with van der Waals surface area (Å²) in [6, 6.07) is 6.63. The van der Waals surface area contributed by atoms with Crippen molar-refractivity contribution in [2.75, 3.05) is 24.4 Å². The quantitative estimate of drug-likeness (QED) is 0.552. The Labute approximate surface area is 141 Å². The summed E-state index contributed by atoms with van der Waals surface area (Å²) in [5, 5.41) is 5.52.